The number of amides is 1. The first kappa shape index (κ1) is 19.7. The van der Waals surface area contributed by atoms with Crippen LogP contribution in [0.4, 0.5) is 5.69 Å². The Morgan fingerprint density at radius 3 is 2.64 bits per heavy atom. The molecule has 1 aromatic carbocycles. The van der Waals surface area contributed by atoms with Gasteiger partial charge in [-0.15, -0.1) is 12.4 Å². The molecule has 7 heteroatoms. The minimum absolute atomic E-state index is 0. The quantitative estimate of drug-likeness (QED) is 0.869. The molecule has 3 rings (SSSR count). The zero-order valence-electron chi connectivity index (χ0n) is 14.9. The number of carbonyl (C=O) groups excluding carboxylic acids is 1. The maximum Gasteiger partial charge on any atom is 0.241 e. The van der Waals surface area contributed by atoms with Crippen molar-refractivity contribution in [3.63, 3.8) is 0 Å². The van der Waals surface area contributed by atoms with Crippen molar-refractivity contribution in [2.75, 3.05) is 18.5 Å². The number of nitrogens with two attached hydrogens (primary N) is 1. The van der Waals surface area contributed by atoms with Crippen molar-refractivity contribution < 1.29 is 13.9 Å². The van der Waals surface area contributed by atoms with Crippen molar-refractivity contribution in [3.8, 4) is 0 Å². The molecule has 138 valence electrons. The molecule has 2 heterocycles. The summed E-state index contributed by atoms with van der Waals surface area (Å²) in [5.74, 6) is 0.683. The average molecular weight is 368 g/mol. The Bertz CT molecular complexity index is 733. The summed E-state index contributed by atoms with van der Waals surface area (Å²) < 4.78 is 11.1. The van der Waals surface area contributed by atoms with Crippen LogP contribution in [0.3, 0.4) is 0 Å². The number of hydrogen-bond acceptors (Lipinski definition) is 5. The van der Waals surface area contributed by atoms with Crippen molar-refractivity contribution >= 4 is 35.1 Å². The van der Waals surface area contributed by atoms with Gasteiger partial charge in [-0.3, -0.25) is 4.79 Å². The van der Waals surface area contributed by atoms with E-state index in [-0.39, 0.29) is 29.6 Å². The van der Waals surface area contributed by atoms with E-state index in [0.717, 1.165) is 18.4 Å². The molecule has 1 fully saturated rings. The van der Waals surface area contributed by atoms with E-state index in [4.69, 9.17) is 14.9 Å². The lowest BCUT2D eigenvalue weighted by Crippen LogP contribution is -2.43. The Kier molecular flexibility index (Phi) is 6.08. The monoisotopic (exact) mass is 367 g/mol. The number of nitrogens with zero attached hydrogens (tertiary/aromatic N) is 1. The third kappa shape index (κ3) is 4.51. The summed E-state index contributed by atoms with van der Waals surface area (Å²) in [6, 6.07) is 4.94. The van der Waals surface area contributed by atoms with Crippen LogP contribution in [0.15, 0.2) is 22.6 Å². The molecule has 1 amide bonds. The molecule has 0 radical (unpaired) electrons. The highest BCUT2D eigenvalue weighted by atomic mass is 35.5. The van der Waals surface area contributed by atoms with Crippen LogP contribution in [0.2, 0.25) is 0 Å². The maximum absolute atomic E-state index is 12.4. The van der Waals surface area contributed by atoms with Gasteiger partial charge >= 0.3 is 0 Å². The molecule has 1 aliphatic rings. The number of halogens is 1. The van der Waals surface area contributed by atoms with Gasteiger partial charge < -0.3 is 20.2 Å². The Balaban J connectivity index is 0.00000225. The van der Waals surface area contributed by atoms with Crippen molar-refractivity contribution in [1.29, 1.82) is 0 Å². The zero-order valence-corrected chi connectivity index (χ0v) is 15.7. The Labute approximate surface area is 153 Å². The summed E-state index contributed by atoms with van der Waals surface area (Å²) in [5.41, 5.74) is 8.09. The highest BCUT2D eigenvalue weighted by Gasteiger charge is 2.27. The molecule has 0 saturated carbocycles. The molecular weight excluding hydrogens is 342 g/mol. The topological polar surface area (TPSA) is 90.4 Å². The van der Waals surface area contributed by atoms with Gasteiger partial charge in [0.2, 0.25) is 11.8 Å². The molecule has 0 spiro atoms. The van der Waals surface area contributed by atoms with E-state index in [0.29, 0.717) is 30.4 Å². The molecule has 2 aromatic rings. The van der Waals surface area contributed by atoms with Gasteiger partial charge in [0.05, 0.1) is 6.04 Å². The molecule has 3 N–H and O–H groups in total. The van der Waals surface area contributed by atoms with E-state index in [1.807, 2.05) is 39.0 Å². The van der Waals surface area contributed by atoms with Crippen LogP contribution in [0.25, 0.3) is 11.1 Å². The third-order valence-electron chi connectivity index (χ3n) is 4.37. The molecule has 1 atom stereocenters. The summed E-state index contributed by atoms with van der Waals surface area (Å²) in [4.78, 5) is 16.9. The zero-order chi connectivity index (χ0) is 17.3. The second-order valence-electron chi connectivity index (χ2n) is 7.42. The lowest BCUT2D eigenvalue weighted by Gasteiger charge is -2.26. The van der Waals surface area contributed by atoms with Crippen molar-refractivity contribution in [2.45, 2.75) is 45.1 Å². The van der Waals surface area contributed by atoms with Crippen LogP contribution in [0.5, 0.6) is 0 Å². The summed E-state index contributed by atoms with van der Waals surface area (Å²) in [6.45, 7) is 7.49. The van der Waals surface area contributed by atoms with E-state index < -0.39 is 6.04 Å². The normalized spacial score (nSPS) is 17.1. The summed E-state index contributed by atoms with van der Waals surface area (Å²) in [6.07, 6.45) is 1.65. The predicted molar refractivity (Wildman–Crippen MR) is 100 cm³/mol. The van der Waals surface area contributed by atoms with E-state index in [1.54, 1.807) is 0 Å². The Morgan fingerprint density at radius 1 is 1.32 bits per heavy atom. The van der Waals surface area contributed by atoms with Crippen LogP contribution in [-0.2, 0) is 14.9 Å². The molecular formula is C18H26ClN3O3. The first-order valence-corrected chi connectivity index (χ1v) is 8.40. The smallest absolute Gasteiger partial charge is 0.241 e. The number of nitrogens with one attached hydrogen (secondary N) is 1. The highest BCUT2D eigenvalue weighted by molar-refractivity contribution is 5.96. The first-order chi connectivity index (χ1) is 11.3. The molecule has 0 bridgehead atoms. The van der Waals surface area contributed by atoms with E-state index in [1.165, 1.54) is 0 Å². The number of ether oxygens (including phenoxy) is 1. The second-order valence-corrected chi connectivity index (χ2v) is 7.42. The van der Waals surface area contributed by atoms with Crippen LogP contribution < -0.4 is 11.1 Å². The number of benzene rings is 1. The predicted octanol–water partition coefficient (Wildman–Crippen LogP) is 3.24. The standard InChI is InChI=1S/C18H25N3O3.ClH/c1-18(2,3)17-21-13-10-12(4-5-14(13)24-17)20-16(22)15(19)11-6-8-23-9-7-11;/h4-5,10-11,15H,6-9,19H2,1-3H3,(H,20,22);1H. The second kappa shape index (κ2) is 7.72. The fourth-order valence-electron chi connectivity index (χ4n) is 2.84. The number of carbonyl (C=O) groups is 1. The van der Waals surface area contributed by atoms with Crippen LogP contribution in [-0.4, -0.2) is 30.1 Å². The van der Waals surface area contributed by atoms with Gasteiger partial charge in [0.25, 0.3) is 0 Å². The van der Waals surface area contributed by atoms with Gasteiger partial charge in [0.1, 0.15) is 5.52 Å². The minimum atomic E-state index is -0.521. The van der Waals surface area contributed by atoms with Crippen LogP contribution in [0, 0.1) is 5.92 Å². The fourth-order valence-corrected chi connectivity index (χ4v) is 2.84. The molecule has 6 nitrogen and oxygen atoms in total. The molecule has 0 aliphatic carbocycles. The summed E-state index contributed by atoms with van der Waals surface area (Å²) >= 11 is 0. The Morgan fingerprint density at radius 2 is 2.00 bits per heavy atom. The number of fused-ring (bicyclic) bond motifs is 1. The van der Waals surface area contributed by atoms with Gasteiger partial charge in [-0.1, -0.05) is 20.8 Å². The van der Waals surface area contributed by atoms with Gasteiger partial charge in [-0.05, 0) is 37.0 Å². The van der Waals surface area contributed by atoms with Gasteiger partial charge in [0.15, 0.2) is 5.58 Å². The molecule has 1 aromatic heterocycles. The van der Waals surface area contributed by atoms with E-state index >= 15 is 0 Å². The van der Waals surface area contributed by atoms with Crippen LogP contribution >= 0.6 is 12.4 Å². The molecule has 1 saturated heterocycles. The third-order valence-corrected chi connectivity index (χ3v) is 4.37. The van der Waals surface area contributed by atoms with E-state index in [9.17, 15) is 4.79 Å². The van der Waals surface area contributed by atoms with Gasteiger partial charge in [0, 0.05) is 24.3 Å². The first-order valence-electron chi connectivity index (χ1n) is 8.40. The largest absolute Gasteiger partial charge is 0.440 e. The van der Waals surface area contributed by atoms with Gasteiger partial charge in [-0.2, -0.15) is 0 Å². The fraction of sp³-hybridized carbons (Fsp3) is 0.556. The number of rotatable bonds is 3. The number of oxazole rings is 1. The lowest BCUT2D eigenvalue weighted by atomic mass is 9.92. The molecule has 1 aliphatic heterocycles. The highest BCUT2D eigenvalue weighted by Crippen LogP contribution is 2.27. The SMILES string of the molecule is CC(C)(C)c1nc2cc(NC(=O)C(N)C3CCOCC3)ccc2o1.Cl. The summed E-state index contributed by atoms with van der Waals surface area (Å²) in [5, 5.41) is 2.89. The van der Waals surface area contributed by atoms with Crippen molar-refractivity contribution in [1.82, 2.24) is 4.98 Å². The Hall–Kier alpha value is -1.63. The number of aromatic nitrogens is 1. The molecule has 1 unspecified atom stereocenters. The minimum Gasteiger partial charge on any atom is -0.440 e. The van der Waals surface area contributed by atoms with Crippen molar-refractivity contribution in [2.24, 2.45) is 11.7 Å². The maximum atomic E-state index is 12.4. The summed E-state index contributed by atoms with van der Waals surface area (Å²) in [7, 11) is 0. The molecule has 25 heavy (non-hydrogen) atoms. The average Bonchev–Trinajstić information content (AvgIpc) is 2.98. The van der Waals surface area contributed by atoms with Crippen molar-refractivity contribution in [3.05, 3.63) is 24.1 Å². The number of anilines is 1. The number of hydrogen-bond donors (Lipinski definition) is 2. The lowest BCUT2D eigenvalue weighted by molar-refractivity contribution is -0.119. The van der Waals surface area contributed by atoms with Crippen LogP contribution in [0.1, 0.15) is 39.5 Å². The van der Waals surface area contributed by atoms with E-state index in [2.05, 4.69) is 10.3 Å². The van der Waals surface area contributed by atoms with Gasteiger partial charge in [-0.25, -0.2) is 4.98 Å².